The van der Waals surface area contributed by atoms with E-state index in [-0.39, 0.29) is 0 Å². The quantitative estimate of drug-likeness (QED) is 0.161. The number of nitrogens with zero attached hydrogens (tertiary/aromatic N) is 4. The van der Waals surface area contributed by atoms with Gasteiger partial charge in [0.15, 0.2) is 0 Å². The van der Waals surface area contributed by atoms with E-state index in [0.717, 1.165) is 110 Å². The second kappa shape index (κ2) is 9.50. The molecule has 0 spiro atoms. The van der Waals surface area contributed by atoms with Gasteiger partial charge in [0, 0.05) is 22.3 Å². The third-order valence-electron chi connectivity index (χ3n) is 9.86. The normalized spacial score (nSPS) is 12.2. The van der Waals surface area contributed by atoms with E-state index in [1.54, 1.807) is 0 Å². The lowest BCUT2D eigenvalue weighted by atomic mass is 9.86. The largest absolute Gasteiger partial charge is 0.244 e. The van der Waals surface area contributed by atoms with Gasteiger partial charge in [0.2, 0.25) is 0 Å². The molecule has 0 fully saturated rings. The molecule has 0 N–H and O–H groups in total. The van der Waals surface area contributed by atoms with Gasteiger partial charge in [-0.1, -0.05) is 97.1 Å². The van der Waals surface area contributed by atoms with Gasteiger partial charge in [-0.05, 0) is 91.6 Å². The maximum absolute atomic E-state index is 5.46. The molecule has 0 atom stereocenters. The SMILES string of the molecule is c1ccc2cc3c(cc2c1)-c1nc2cc4ccccc4cc2nc1-c1cc2ccccc2cc1-c1nc2cc4ccccc4cc2nc1-3. The Balaban J connectivity index is 1.35. The van der Waals surface area contributed by atoms with Crippen LogP contribution in [0.25, 0.3) is 110 Å². The molecule has 0 saturated heterocycles. The lowest BCUT2D eigenvalue weighted by molar-refractivity contribution is 1.26. The zero-order chi connectivity index (χ0) is 31.3. The van der Waals surface area contributed by atoms with E-state index >= 15 is 0 Å². The highest BCUT2D eigenvalue weighted by Crippen LogP contribution is 2.48. The first kappa shape index (κ1) is 25.6. The molecule has 0 saturated carbocycles. The summed E-state index contributed by atoms with van der Waals surface area (Å²) in [5.74, 6) is 0. The van der Waals surface area contributed by atoms with Gasteiger partial charge >= 0.3 is 0 Å². The molecule has 0 aliphatic heterocycles. The average Bonchev–Trinajstić information content (AvgIpc) is 3.13. The molecule has 10 aromatic rings. The molecule has 48 heavy (non-hydrogen) atoms. The monoisotopic (exact) mass is 608 g/mol. The van der Waals surface area contributed by atoms with Crippen molar-refractivity contribution in [2.45, 2.75) is 0 Å². The molecule has 1 aliphatic rings. The number of fused-ring (bicyclic) bond motifs is 14. The first-order chi connectivity index (χ1) is 23.7. The van der Waals surface area contributed by atoms with Crippen molar-refractivity contribution >= 4 is 65.2 Å². The van der Waals surface area contributed by atoms with Gasteiger partial charge < -0.3 is 0 Å². The van der Waals surface area contributed by atoms with Gasteiger partial charge in [0.25, 0.3) is 0 Å². The van der Waals surface area contributed by atoms with Gasteiger partial charge in [0.1, 0.15) is 0 Å². The molecule has 2 aromatic heterocycles. The van der Waals surface area contributed by atoms with E-state index in [2.05, 4.69) is 146 Å². The maximum atomic E-state index is 5.46. The van der Waals surface area contributed by atoms with E-state index in [1.165, 1.54) is 0 Å². The third-order valence-corrected chi connectivity index (χ3v) is 9.86. The summed E-state index contributed by atoms with van der Waals surface area (Å²) < 4.78 is 0. The summed E-state index contributed by atoms with van der Waals surface area (Å²) in [5.41, 5.74) is 10.9. The predicted octanol–water partition coefficient (Wildman–Crippen LogP) is 11.2. The highest BCUT2D eigenvalue weighted by Gasteiger charge is 2.28. The van der Waals surface area contributed by atoms with E-state index in [1.807, 2.05) is 0 Å². The summed E-state index contributed by atoms with van der Waals surface area (Å²) in [7, 11) is 0. The van der Waals surface area contributed by atoms with Crippen molar-refractivity contribution in [2.24, 2.45) is 0 Å². The second-order valence-electron chi connectivity index (χ2n) is 12.7. The van der Waals surface area contributed by atoms with E-state index < -0.39 is 0 Å². The molecule has 0 bridgehead atoms. The zero-order valence-electron chi connectivity index (χ0n) is 25.6. The molecule has 4 heteroatoms. The smallest absolute Gasteiger partial charge is 0.0980 e. The Morgan fingerprint density at radius 3 is 0.625 bits per heavy atom. The van der Waals surface area contributed by atoms with Crippen molar-refractivity contribution in [3.63, 3.8) is 0 Å². The van der Waals surface area contributed by atoms with Crippen molar-refractivity contribution in [3.05, 3.63) is 146 Å². The minimum atomic E-state index is 0.848. The van der Waals surface area contributed by atoms with E-state index in [9.17, 15) is 0 Å². The lowest BCUT2D eigenvalue weighted by Crippen LogP contribution is -2.05. The number of benzene rings is 8. The van der Waals surface area contributed by atoms with Crippen molar-refractivity contribution in [1.82, 2.24) is 19.9 Å². The minimum absolute atomic E-state index is 0.848. The van der Waals surface area contributed by atoms with Crippen LogP contribution in [0.2, 0.25) is 0 Å². The summed E-state index contributed by atoms with van der Waals surface area (Å²) >= 11 is 0. The molecular weight excluding hydrogens is 585 g/mol. The topological polar surface area (TPSA) is 51.6 Å². The summed E-state index contributed by atoms with van der Waals surface area (Å²) in [4.78, 5) is 21.8. The molecule has 8 aromatic carbocycles. The van der Waals surface area contributed by atoms with Gasteiger partial charge in [-0.15, -0.1) is 0 Å². The van der Waals surface area contributed by atoms with Crippen LogP contribution in [0.1, 0.15) is 0 Å². The lowest BCUT2D eigenvalue weighted by Gasteiger charge is -2.23. The standard InChI is InChI=1S/C44H24N4/c1-2-10-26-18-34-33(17-25(26)9-1)41-43(47-38-22-30-14-6-5-13-29(30)21-37(38)45-41)35-19-27-11-3-4-12-28(27)20-36(35)44-42(34)46-39-23-31-15-7-8-16-32(31)24-40(39)48-44/h1-24H. The third kappa shape index (κ3) is 3.71. The van der Waals surface area contributed by atoms with Crippen LogP contribution in [-0.2, 0) is 0 Å². The molecule has 4 nitrogen and oxygen atoms in total. The van der Waals surface area contributed by atoms with Crippen LogP contribution in [0.4, 0.5) is 0 Å². The maximum Gasteiger partial charge on any atom is 0.0980 e. The first-order valence-corrected chi connectivity index (χ1v) is 16.2. The Kier molecular flexibility index (Phi) is 5.08. The van der Waals surface area contributed by atoms with Crippen LogP contribution in [0.15, 0.2) is 146 Å². The van der Waals surface area contributed by atoms with Crippen LogP contribution >= 0.6 is 0 Å². The van der Waals surface area contributed by atoms with Crippen LogP contribution < -0.4 is 0 Å². The van der Waals surface area contributed by atoms with Crippen LogP contribution in [0, 0.1) is 0 Å². The number of hydrogen-bond acceptors (Lipinski definition) is 4. The van der Waals surface area contributed by atoms with Gasteiger partial charge in [0.05, 0.1) is 44.8 Å². The predicted molar refractivity (Wildman–Crippen MR) is 198 cm³/mol. The number of hydrogen-bond donors (Lipinski definition) is 0. The Morgan fingerprint density at radius 1 is 0.229 bits per heavy atom. The summed E-state index contributed by atoms with van der Waals surface area (Å²) in [6.07, 6.45) is 0. The van der Waals surface area contributed by atoms with Crippen molar-refractivity contribution < 1.29 is 0 Å². The summed E-state index contributed by atoms with van der Waals surface area (Å²) in [6.45, 7) is 0. The Bertz CT molecular complexity index is 2610. The highest BCUT2D eigenvalue weighted by molar-refractivity contribution is 6.09. The van der Waals surface area contributed by atoms with Gasteiger partial charge in [-0.25, -0.2) is 19.9 Å². The average molecular weight is 609 g/mol. The molecule has 0 radical (unpaired) electrons. The van der Waals surface area contributed by atoms with E-state index in [4.69, 9.17) is 19.9 Å². The molecule has 220 valence electrons. The first-order valence-electron chi connectivity index (χ1n) is 16.2. The van der Waals surface area contributed by atoms with Gasteiger partial charge in [-0.3, -0.25) is 0 Å². The Labute approximate surface area is 275 Å². The van der Waals surface area contributed by atoms with Crippen LogP contribution in [0.3, 0.4) is 0 Å². The fourth-order valence-corrected chi connectivity index (χ4v) is 7.50. The van der Waals surface area contributed by atoms with Crippen molar-refractivity contribution in [2.75, 3.05) is 0 Å². The second-order valence-corrected chi connectivity index (χ2v) is 12.7. The Morgan fingerprint density at radius 2 is 0.417 bits per heavy atom. The molecule has 0 amide bonds. The van der Waals surface area contributed by atoms with Crippen LogP contribution in [0.5, 0.6) is 0 Å². The minimum Gasteiger partial charge on any atom is -0.244 e. The van der Waals surface area contributed by atoms with Gasteiger partial charge in [-0.2, -0.15) is 0 Å². The molecule has 2 heterocycles. The molecule has 0 unspecified atom stereocenters. The number of rotatable bonds is 0. The fourth-order valence-electron chi connectivity index (χ4n) is 7.50. The molecule has 11 rings (SSSR count). The van der Waals surface area contributed by atoms with Crippen LogP contribution in [-0.4, -0.2) is 19.9 Å². The van der Waals surface area contributed by atoms with E-state index in [0.29, 0.717) is 0 Å². The molecular formula is C44H24N4. The van der Waals surface area contributed by atoms with Crippen molar-refractivity contribution in [3.8, 4) is 45.0 Å². The summed E-state index contributed by atoms with van der Waals surface area (Å²) in [5, 5.41) is 9.14. The van der Waals surface area contributed by atoms with Crippen molar-refractivity contribution in [1.29, 1.82) is 0 Å². The number of aromatic nitrogens is 4. The highest BCUT2D eigenvalue weighted by atomic mass is 14.9. The fraction of sp³-hybridized carbons (Fsp3) is 0. The Hall–Kier alpha value is -6.52. The zero-order valence-corrected chi connectivity index (χ0v) is 25.6. The molecule has 1 aliphatic carbocycles. The summed E-state index contributed by atoms with van der Waals surface area (Å²) in [6, 6.07) is 51.5.